The molecule has 1 amide bonds. The Bertz CT molecular complexity index is 1110. The van der Waals surface area contributed by atoms with Crippen LogP contribution in [0.4, 0.5) is 5.69 Å². The first-order valence-electron chi connectivity index (χ1n) is 11.7. The third-order valence-electron chi connectivity index (χ3n) is 6.85. The topological polar surface area (TPSA) is 62.1 Å². The summed E-state index contributed by atoms with van der Waals surface area (Å²) in [6.45, 7) is 5.28. The monoisotopic (exact) mass is 431 g/mol. The molecule has 2 aromatic heterocycles. The number of carbonyl (C=O) groups excluding carboxylic acids is 1. The molecule has 3 aliphatic rings. The van der Waals surface area contributed by atoms with E-state index in [4.69, 9.17) is 4.74 Å². The van der Waals surface area contributed by atoms with Gasteiger partial charge in [0, 0.05) is 56.6 Å². The number of ether oxygens (including phenoxy) is 1. The molecular weight excluding hydrogens is 402 g/mol. The number of nitrogens with zero attached hydrogens (tertiary/aromatic N) is 4. The van der Waals surface area contributed by atoms with Crippen LogP contribution in [0.1, 0.15) is 19.3 Å². The average molecular weight is 432 g/mol. The van der Waals surface area contributed by atoms with Gasteiger partial charge in [-0.2, -0.15) is 5.10 Å². The van der Waals surface area contributed by atoms with Crippen molar-refractivity contribution < 1.29 is 9.53 Å². The fraction of sp³-hybridized carbons (Fsp3) is 0.440. The van der Waals surface area contributed by atoms with Gasteiger partial charge in [-0.05, 0) is 55.6 Å². The predicted octanol–water partition coefficient (Wildman–Crippen LogP) is 2.80. The van der Waals surface area contributed by atoms with Crippen molar-refractivity contribution in [3.63, 3.8) is 0 Å². The van der Waals surface area contributed by atoms with Gasteiger partial charge in [0.15, 0.2) is 0 Å². The molecule has 0 radical (unpaired) electrons. The van der Waals surface area contributed by atoms with Crippen molar-refractivity contribution in [2.45, 2.75) is 25.4 Å². The molecule has 1 aliphatic carbocycles. The molecular formula is C25H29N5O2. The highest BCUT2D eigenvalue weighted by molar-refractivity contribution is 5.82. The fourth-order valence-corrected chi connectivity index (χ4v) is 4.83. The Labute approximate surface area is 188 Å². The number of hydrogen-bond donors (Lipinski definition) is 1. The van der Waals surface area contributed by atoms with Crippen LogP contribution in [0, 0.1) is 5.92 Å². The third-order valence-corrected chi connectivity index (χ3v) is 6.85. The molecule has 3 fully saturated rings. The van der Waals surface area contributed by atoms with E-state index in [1.807, 2.05) is 15.6 Å². The van der Waals surface area contributed by atoms with E-state index in [-0.39, 0.29) is 6.10 Å². The number of nitrogens with one attached hydrogen (secondary N) is 1. The zero-order valence-electron chi connectivity index (χ0n) is 18.2. The Balaban J connectivity index is 1.19. The van der Waals surface area contributed by atoms with Gasteiger partial charge in [0.2, 0.25) is 5.91 Å². The lowest BCUT2D eigenvalue weighted by atomic mass is 10.1. The zero-order valence-corrected chi connectivity index (χ0v) is 18.2. The molecule has 1 saturated carbocycles. The van der Waals surface area contributed by atoms with Crippen molar-refractivity contribution in [3.8, 4) is 16.9 Å². The van der Waals surface area contributed by atoms with Gasteiger partial charge in [0.05, 0.1) is 11.2 Å². The highest BCUT2D eigenvalue weighted by Gasteiger charge is 2.34. The van der Waals surface area contributed by atoms with E-state index in [2.05, 4.69) is 57.9 Å². The lowest BCUT2D eigenvalue weighted by molar-refractivity contribution is -0.132. The lowest BCUT2D eigenvalue weighted by Gasteiger charge is -2.36. The summed E-state index contributed by atoms with van der Waals surface area (Å²) < 4.78 is 8.01. The quantitative estimate of drug-likeness (QED) is 0.673. The van der Waals surface area contributed by atoms with E-state index in [1.165, 1.54) is 5.69 Å². The minimum absolute atomic E-state index is 0.268. The minimum atomic E-state index is 0.268. The van der Waals surface area contributed by atoms with Gasteiger partial charge < -0.3 is 19.9 Å². The largest absolute Gasteiger partial charge is 0.489 e. The molecule has 1 atom stereocenters. The van der Waals surface area contributed by atoms with Gasteiger partial charge in [-0.3, -0.25) is 4.79 Å². The first-order valence-corrected chi connectivity index (χ1v) is 11.7. The van der Waals surface area contributed by atoms with Gasteiger partial charge in [0.1, 0.15) is 11.9 Å². The summed E-state index contributed by atoms with van der Waals surface area (Å²) in [6.07, 6.45) is 7.42. The van der Waals surface area contributed by atoms with Crippen LogP contribution in [-0.4, -0.2) is 65.8 Å². The SMILES string of the molecule is O=C(C1CC1)N1CCN(c2ccnn3cc(-c4ccc(OC5CCNC5)cc4)cc23)CC1. The minimum Gasteiger partial charge on any atom is -0.489 e. The van der Waals surface area contributed by atoms with Gasteiger partial charge in [-0.25, -0.2) is 4.52 Å². The number of hydrogen-bond acceptors (Lipinski definition) is 5. The van der Waals surface area contributed by atoms with Gasteiger partial charge in [-0.15, -0.1) is 0 Å². The van der Waals surface area contributed by atoms with Crippen molar-refractivity contribution in [2.24, 2.45) is 5.92 Å². The number of rotatable bonds is 5. The highest BCUT2D eigenvalue weighted by Crippen LogP contribution is 2.33. The van der Waals surface area contributed by atoms with Crippen molar-refractivity contribution >= 4 is 17.1 Å². The van der Waals surface area contributed by atoms with Crippen LogP contribution in [0.5, 0.6) is 5.75 Å². The van der Waals surface area contributed by atoms with Crippen LogP contribution in [0.25, 0.3) is 16.6 Å². The maximum absolute atomic E-state index is 12.4. The van der Waals surface area contributed by atoms with Crippen LogP contribution in [-0.2, 0) is 4.79 Å². The van der Waals surface area contributed by atoms with Gasteiger partial charge in [-0.1, -0.05) is 12.1 Å². The van der Waals surface area contributed by atoms with Crippen LogP contribution in [0.2, 0.25) is 0 Å². The average Bonchev–Trinajstić information content (AvgIpc) is 3.38. The van der Waals surface area contributed by atoms with Crippen LogP contribution >= 0.6 is 0 Å². The van der Waals surface area contributed by atoms with E-state index >= 15 is 0 Å². The van der Waals surface area contributed by atoms with E-state index in [0.29, 0.717) is 11.8 Å². The standard InChI is InChI=1S/C25H29N5O2/c31-25(19-1-2-19)29-13-11-28(12-14-29)23-8-10-27-30-17-20(15-24(23)30)18-3-5-21(6-4-18)32-22-7-9-26-16-22/h3-6,8,10,15,17,19,22,26H,1-2,7,9,11-14,16H2. The maximum atomic E-state index is 12.4. The summed E-state index contributed by atoms with van der Waals surface area (Å²) in [4.78, 5) is 16.8. The molecule has 1 aromatic carbocycles. The molecule has 2 saturated heterocycles. The number of aromatic nitrogens is 2. The zero-order chi connectivity index (χ0) is 21.5. The summed E-state index contributed by atoms with van der Waals surface area (Å²) in [5.41, 5.74) is 4.57. The highest BCUT2D eigenvalue weighted by atomic mass is 16.5. The Morgan fingerprint density at radius 1 is 1.00 bits per heavy atom. The molecule has 2 aliphatic heterocycles. The number of benzene rings is 1. The number of piperazine rings is 1. The second-order valence-electron chi connectivity index (χ2n) is 9.12. The van der Waals surface area contributed by atoms with Gasteiger partial charge >= 0.3 is 0 Å². The molecule has 32 heavy (non-hydrogen) atoms. The van der Waals surface area contributed by atoms with Crippen LogP contribution in [0.15, 0.2) is 48.8 Å². The number of anilines is 1. The lowest BCUT2D eigenvalue weighted by Crippen LogP contribution is -2.49. The Morgan fingerprint density at radius 3 is 2.53 bits per heavy atom. The molecule has 6 rings (SSSR count). The molecule has 3 aromatic rings. The first-order chi connectivity index (χ1) is 15.7. The van der Waals surface area contributed by atoms with E-state index < -0.39 is 0 Å². The molecule has 0 spiro atoms. The van der Waals surface area contributed by atoms with Crippen LogP contribution < -0.4 is 15.0 Å². The number of carbonyl (C=O) groups is 1. The summed E-state index contributed by atoms with van der Waals surface area (Å²) in [5.74, 6) is 1.57. The van der Waals surface area contributed by atoms with Crippen molar-refractivity contribution in [1.82, 2.24) is 19.8 Å². The fourth-order valence-electron chi connectivity index (χ4n) is 4.83. The van der Waals surface area contributed by atoms with Crippen LogP contribution in [0.3, 0.4) is 0 Å². The summed E-state index contributed by atoms with van der Waals surface area (Å²) in [7, 11) is 0. The molecule has 7 heteroatoms. The summed E-state index contributed by atoms with van der Waals surface area (Å²) >= 11 is 0. The second kappa shape index (κ2) is 8.13. The normalized spacial score (nSPS) is 21.3. The molecule has 0 bridgehead atoms. The number of amides is 1. The first kappa shape index (κ1) is 19.6. The van der Waals surface area contributed by atoms with Crippen molar-refractivity contribution in [2.75, 3.05) is 44.2 Å². The van der Waals surface area contributed by atoms with Crippen molar-refractivity contribution in [3.05, 3.63) is 48.8 Å². The van der Waals surface area contributed by atoms with Gasteiger partial charge in [0.25, 0.3) is 0 Å². The molecule has 1 N–H and O–H groups in total. The van der Waals surface area contributed by atoms with E-state index in [9.17, 15) is 4.79 Å². The second-order valence-corrected chi connectivity index (χ2v) is 9.12. The summed E-state index contributed by atoms with van der Waals surface area (Å²) in [6, 6.07) is 12.6. The Morgan fingerprint density at radius 2 is 1.81 bits per heavy atom. The smallest absolute Gasteiger partial charge is 0.225 e. The molecule has 7 nitrogen and oxygen atoms in total. The summed E-state index contributed by atoms with van der Waals surface area (Å²) in [5, 5.41) is 7.87. The van der Waals surface area contributed by atoms with Crippen molar-refractivity contribution in [1.29, 1.82) is 0 Å². The van der Waals surface area contributed by atoms with E-state index in [1.54, 1.807) is 0 Å². The Hall–Kier alpha value is -3.06. The molecule has 1 unspecified atom stereocenters. The molecule has 4 heterocycles. The Kier molecular flexibility index (Phi) is 4.98. The predicted molar refractivity (Wildman–Crippen MR) is 124 cm³/mol. The molecule has 166 valence electrons. The van der Waals surface area contributed by atoms with E-state index in [0.717, 1.165) is 80.9 Å². The third kappa shape index (κ3) is 3.81. The number of fused-ring (bicyclic) bond motifs is 1. The maximum Gasteiger partial charge on any atom is 0.225 e.